The Morgan fingerprint density at radius 1 is 1.21 bits per heavy atom. The van der Waals surface area contributed by atoms with Crippen molar-refractivity contribution in [3.63, 3.8) is 0 Å². The molecule has 4 nitrogen and oxygen atoms in total. The topological polar surface area (TPSA) is 48.2 Å². The maximum Gasteiger partial charge on any atom is 0.223 e. The first-order chi connectivity index (χ1) is 9.22. The molecule has 0 N–H and O–H groups in total. The molecule has 1 aliphatic rings. The summed E-state index contributed by atoms with van der Waals surface area (Å²) in [7, 11) is 0. The summed E-state index contributed by atoms with van der Waals surface area (Å²) in [5.74, 6) is 1.96. The second-order valence-corrected chi connectivity index (χ2v) is 5.25. The van der Waals surface area contributed by atoms with Crippen LogP contribution in [0.5, 0.6) is 0 Å². The second kappa shape index (κ2) is 5.13. The van der Waals surface area contributed by atoms with Gasteiger partial charge in [0.25, 0.3) is 0 Å². The van der Waals surface area contributed by atoms with Crippen molar-refractivity contribution in [3.8, 4) is 11.4 Å². The fourth-order valence-corrected chi connectivity index (χ4v) is 2.46. The zero-order valence-electron chi connectivity index (χ0n) is 11.3. The lowest BCUT2D eigenvalue weighted by Crippen LogP contribution is -2.17. The summed E-state index contributed by atoms with van der Waals surface area (Å²) in [6, 6.07) is 8.26. The normalized spacial score (nSPS) is 23.5. The van der Waals surface area contributed by atoms with Crippen molar-refractivity contribution < 1.29 is 9.26 Å². The second-order valence-electron chi connectivity index (χ2n) is 5.25. The fraction of sp³-hybridized carbons (Fsp3) is 0.467. The molecule has 1 fully saturated rings. The van der Waals surface area contributed by atoms with Crippen LogP contribution in [0, 0.1) is 12.8 Å². The molecule has 4 heteroatoms. The summed E-state index contributed by atoms with van der Waals surface area (Å²) in [6.45, 7) is 4.94. The first-order valence-corrected chi connectivity index (χ1v) is 6.74. The number of rotatable bonds is 2. The Balaban J connectivity index is 1.78. The van der Waals surface area contributed by atoms with E-state index < -0.39 is 0 Å². The van der Waals surface area contributed by atoms with E-state index in [9.17, 15) is 0 Å². The molecule has 0 aliphatic carbocycles. The molecule has 1 unspecified atom stereocenters. The standard InChI is InChI=1S/C15H18N2O2/c1-10-7-8-18-14(9-10)12-3-5-13(6-4-12)15-16-11(2)19-17-15/h3-6,10,14H,7-9H2,1-2H3/t10?,14-/m1/s1. The molecule has 2 aromatic rings. The third-order valence-corrected chi connectivity index (χ3v) is 3.61. The zero-order chi connectivity index (χ0) is 13.2. The maximum absolute atomic E-state index is 5.83. The molecule has 0 spiro atoms. The molecule has 0 radical (unpaired) electrons. The smallest absolute Gasteiger partial charge is 0.223 e. The summed E-state index contributed by atoms with van der Waals surface area (Å²) in [4.78, 5) is 4.23. The van der Waals surface area contributed by atoms with Crippen LogP contribution in [0.1, 0.15) is 37.3 Å². The lowest BCUT2D eigenvalue weighted by Gasteiger charge is -2.27. The van der Waals surface area contributed by atoms with Crippen LogP contribution in [0.4, 0.5) is 0 Å². The lowest BCUT2D eigenvalue weighted by atomic mass is 9.93. The van der Waals surface area contributed by atoms with E-state index in [2.05, 4.69) is 29.2 Å². The number of ether oxygens (including phenoxy) is 1. The van der Waals surface area contributed by atoms with E-state index >= 15 is 0 Å². The Labute approximate surface area is 112 Å². The van der Waals surface area contributed by atoms with E-state index in [1.807, 2.05) is 12.1 Å². The summed E-state index contributed by atoms with van der Waals surface area (Å²) < 4.78 is 10.8. The zero-order valence-corrected chi connectivity index (χ0v) is 11.3. The van der Waals surface area contributed by atoms with Gasteiger partial charge in [-0.2, -0.15) is 4.98 Å². The van der Waals surface area contributed by atoms with Crippen LogP contribution in [0.15, 0.2) is 28.8 Å². The number of benzene rings is 1. The van der Waals surface area contributed by atoms with Gasteiger partial charge in [-0.1, -0.05) is 36.3 Å². The molecular formula is C15H18N2O2. The van der Waals surface area contributed by atoms with Crippen molar-refractivity contribution in [2.75, 3.05) is 6.61 Å². The number of nitrogens with zero attached hydrogens (tertiary/aromatic N) is 2. The third-order valence-electron chi connectivity index (χ3n) is 3.61. The predicted octanol–water partition coefficient (Wildman–Crippen LogP) is 3.53. The number of hydrogen-bond donors (Lipinski definition) is 0. The molecule has 19 heavy (non-hydrogen) atoms. The third kappa shape index (κ3) is 2.68. The molecule has 1 aliphatic heterocycles. The molecule has 1 aromatic heterocycles. The highest BCUT2D eigenvalue weighted by Crippen LogP contribution is 2.32. The quantitative estimate of drug-likeness (QED) is 0.826. The Morgan fingerprint density at radius 3 is 2.63 bits per heavy atom. The summed E-state index contributed by atoms with van der Waals surface area (Å²) >= 11 is 0. The first kappa shape index (κ1) is 12.4. The van der Waals surface area contributed by atoms with E-state index in [4.69, 9.17) is 9.26 Å². The first-order valence-electron chi connectivity index (χ1n) is 6.74. The number of aryl methyl sites for hydroxylation is 1. The summed E-state index contributed by atoms with van der Waals surface area (Å²) in [6.07, 6.45) is 2.49. The minimum Gasteiger partial charge on any atom is -0.374 e. The van der Waals surface area contributed by atoms with E-state index in [0.29, 0.717) is 11.7 Å². The predicted molar refractivity (Wildman–Crippen MR) is 71.6 cm³/mol. The average molecular weight is 258 g/mol. The highest BCUT2D eigenvalue weighted by atomic mass is 16.5. The number of hydrogen-bond acceptors (Lipinski definition) is 4. The van der Waals surface area contributed by atoms with Gasteiger partial charge in [0.1, 0.15) is 0 Å². The van der Waals surface area contributed by atoms with Crippen LogP contribution in [0.2, 0.25) is 0 Å². The highest BCUT2D eigenvalue weighted by molar-refractivity contribution is 5.54. The van der Waals surface area contributed by atoms with Gasteiger partial charge in [0.15, 0.2) is 0 Å². The van der Waals surface area contributed by atoms with Crippen molar-refractivity contribution in [3.05, 3.63) is 35.7 Å². The SMILES string of the molecule is Cc1nc(-c2ccc([C@H]3CC(C)CCO3)cc2)no1. The van der Waals surface area contributed by atoms with Gasteiger partial charge in [0.05, 0.1) is 6.10 Å². The van der Waals surface area contributed by atoms with Gasteiger partial charge in [-0.3, -0.25) is 0 Å². The fourth-order valence-electron chi connectivity index (χ4n) is 2.46. The average Bonchev–Trinajstić information content (AvgIpc) is 2.86. The molecule has 1 aromatic carbocycles. The van der Waals surface area contributed by atoms with Crippen LogP contribution in [0.3, 0.4) is 0 Å². The van der Waals surface area contributed by atoms with Crippen molar-refractivity contribution in [2.24, 2.45) is 5.92 Å². The van der Waals surface area contributed by atoms with Gasteiger partial charge in [0, 0.05) is 19.1 Å². The molecule has 0 saturated carbocycles. The Bertz CT molecular complexity index is 548. The van der Waals surface area contributed by atoms with E-state index in [-0.39, 0.29) is 6.10 Å². The van der Waals surface area contributed by atoms with Gasteiger partial charge < -0.3 is 9.26 Å². The van der Waals surface area contributed by atoms with Crippen LogP contribution < -0.4 is 0 Å². The van der Waals surface area contributed by atoms with Crippen LogP contribution in [-0.2, 0) is 4.74 Å². The maximum atomic E-state index is 5.83. The Hall–Kier alpha value is -1.68. The van der Waals surface area contributed by atoms with Crippen LogP contribution in [-0.4, -0.2) is 16.7 Å². The van der Waals surface area contributed by atoms with E-state index in [0.717, 1.165) is 30.9 Å². The highest BCUT2D eigenvalue weighted by Gasteiger charge is 2.21. The molecule has 100 valence electrons. The van der Waals surface area contributed by atoms with Gasteiger partial charge in [-0.05, 0) is 24.3 Å². The molecule has 1 saturated heterocycles. The Kier molecular flexibility index (Phi) is 3.34. The van der Waals surface area contributed by atoms with Gasteiger partial charge in [0.2, 0.25) is 11.7 Å². The lowest BCUT2D eigenvalue weighted by molar-refractivity contribution is -0.00632. The largest absolute Gasteiger partial charge is 0.374 e. The summed E-state index contributed by atoms with van der Waals surface area (Å²) in [5, 5.41) is 3.92. The molecule has 0 amide bonds. The molecular weight excluding hydrogens is 240 g/mol. The number of aromatic nitrogens is 2. The summed E-state index contributed by atoms with van der Waals surface area (Å²) in [5.41, 5.74) is 2.21. The van der Waals surface area contributed by atoms with Crippen molar-refractivity contribution in [2.45, 2.75) is 32.8 Å². The minimum atomic E-state index is 0.227. The van der Waals surface area contributed by atoms with Gasteiger partial charge in [-0.15, -0.1) is 0 Å². The van der Waals surface area contributed by atoms with E-state index in [1.165, 1.54) is 5.56 Å². The molecule has 2 atom stereocenters. The van der Waals surface area contributed by atoms with E-state index in [1.54, 1.807) is 6.92 Å². The minimum absolute atomic E-state index is 0.227. The Morgan fingerprint density at radius 2 is 2.00 bits per heavy atom. The monoisotopic (exact) mass is 258 g/mol. The van der Waals surface area contributed by atoms with Gasteiger partial charge in [-0.25, -0.2) is 0 Å². The van der Waals surface area contributed by atoms with Crippen molar-refractivity contribution in [1.29, 1.82) is 0 Å². The molecule has 2 heterocycles. The van der Waals surface area contributed by atoms with Crippen LogP contribution in [0.25, 0.3) is 11.4 Å². The molecule has 0 bridgehead atoms. The van der Waals surface area contributed by atoms with Crippen molar-refractivity contribution in [1.82, 2.24) is 10.1 Å². The van der Waals surface area contributed by atoms with Gasteiger partial charge >= 0.3 is 0 Å². The van der Waals surface area contributed by atoms with Crippen LogP contribution >= 0.6 is 0 Å². The van der Waals surface area contributed by atoms with Crippen molar-refractivity contribution >= 4 is 0 Å². The molecule has 3 rings (SSSR count).